The fraction of sp³-hybridized carbons (Fsp3) is 0.444. The Labute approximate surface area is 164 Å². The zero-order chi connectivity index (χ0) is 21.6. The molecule has 4 amide bonds. The number of nitrogens with zero attached hydrogens (tertiary/aromatic N) is 1. The second kappa shape index (κ2) is 9.39. The molecule has 0 radical (unpaired) electrons. The lowest BCUT2D eigenvalue weighted by Crippen LogP contribution is -2.44. The number of imide groups is 1. The third-order valence-electron chi connectivity index (χ3n) is 4.29. The summed E-state index contributed by atoms with van der Waals surface area (Å²) >= 11 is 0. The predicted octanol–water partition coefficient (Wildman–Crippen LogP) is 1.53. The highest BCUT2D eigenvalue weighted by atomic mass is 19.4. The number of rotatable bonds is 6. The van der Waals surface area contributed by atoms with Gasteiger partial charge < -0.3 is 15.0 Å². The third kappa shape index (κ3) is 6.77. The van der Waals surface area contributed by atoms with E-state index in [1.54, 1.807) is 5.32 Å². The Morgan fingerprint density at radius 1 is 1.24 bits per heavy atom. The average molecular weight is 415 g/mol. The van der Waals surface area contributed by atoms with Crippen molar-refractivity contribution in [3.05, 3.63) is 35.9 Å². The van der Waals surface area contributed by atoms with Gasteiger partial charge in [0.1, 0.15) is 6.54 Å². The summed E-state index contributed by atoms with van der Waals surface area (Å²) in [5, 5.41) is 3.06. The molecule has 0 unspecified atom stereocenters. The molecule has 0 saturated carbocycles. The number of amides is 4. The van der Waals surface area contributed by atoms with Crippen molar-refractivity contribution in [2.75, 3.05) is 19.7 Å². The van der Waals surface area contributed by atoms with Crippen molar-refractivity contribution in [1.82, 2.24) is 15.5 Å². The van der Waals surface area contributed by atoms with Crippen molar-refractivity contribution in [3.8, 4) is 0 Å². The summed E-state index contributed by atoms with van der Waals surface area (Å²) in [5.41, 5.74) is 0.902. The summed E-state index contributed by atoms with van der Waals surface area (Å²) in [6, 6.07) is 7.62. The molecule has 1 aromatic carbocycles. The first kappa shape index (κ1) is 22.2. The highest BCUT2D eigenvalue weighted by Gasteiger charge is 2.38. The summed E-state index contributed by atoms with van der Waals surface area (Å²) in [6.07, 6.45) is -4.70. The van der Waals surface area contributed by atoms with Crippen LogP contribution in [0, 0.1) is 5.92 Å². The van der Waals surface area contributed by atoms with E-state index in [9.17, 15) is 32.3 Å². The van der Waals surface area contributed by atoms with E-state index in [2.05, 4.69) is 0 Å². The van der Waals surface area contributed by atoms with Gasteiger partial charge in [-0.2, -0.15) is 13.2 Å². The van der Waals surface area contributed by atoms with Gasteiger partial charge in [0.15, 0.2) is 6.61 Å². The molecule has 1 aromatic rings. The molecule has 29 heavy (non-hydrogen) atoms. The van der Waals surface area contributed by atoms with Crippen molar-refractivity contribution in [1.29, 1.82) is 0 Å². The quantitative estimate of drug-likeness (QED) is 0.686. The van der Waals surface area contributed by atoms with Crippen LogP contribution in [0.3, 0.4) is 0 Å². The van der Waals surface area contributed by atoms with Gasteiger partial charge in [0.2, 0.25) is 5.91 Å². The van der Waals surface area contributed by atoms with E-state index in [4.69, 9.17) is 4.74 Å². The van der Waals surface area contributed by atoms with E-state index in [1.807, 2.05) is 37.3 Å². The molecule has 1 fully saturated rings. The fourth-order valence-corrected chi connectivity index (χ4v) is 2.82. The Kier molecular flexibility index (Phi) is 7.18. The van der Waals surface area contributed by atoms with Crippen molar-refractivity contribution in [2.24, 2.45) is 5.92 Å². The minimum Gasteiger partial charge on any atom is -0.455 e. The minimum atomic E-state index is -4.62. The van der Waals surface area contributed by atoms with Crippen LogP contribution in [0.25, 0.3) is 0 Å². The number of carbonyl (C=O) groups is 4. The first-order valence-corrected chi connectivity index (χ1v) is 8.72. The van der Waals surface area contributed by atoms with Crippen LogP contribution in [0.1, 0.15) is 24.9 Å². The molecule has 1 aliphatic heterocycles. The molecule has 2 atom stereocenters. The van der Waals surface area contributed by atoms with E-state index in [0.717, 1.165) is 5.56 Å². The van der Waals surface area contributed by atoms with Crippen LogP contribution in [0.5, 0.6) is 0 Å². The monoisotopic (exact) mass is 415 g/mol. The second-order valence-corrected chi connectivity index (χ2v) is 6.49. The lowest BCUT2D eigenvalue weighted by molar-refractivity contribution is -0.152. The zero-order valence-electron chi connectivity index (χ0n) is 15.5. The average Bonchev–Trinajstić information content (AvgIpc) is 3.06. The Morgan fingerprint density at radius 2 is 1.90 bits per heavy atom. The topological polar surface area (TPSA) is 105 Å². The van der Waals surface area contributed by atoms with Gasteiger partial charge in [-0.05, 0) is 12.5 Å². The van der Waals surface area contributed by atoms with Crippen LogP contribution in [-0.4, -0.2) is 54.6 Å². The molecule has 158 valence electrons. The maximum Gasteiger partial charge on any atom is 0.405 e. The number of halogens is 3. The Bertz CT molecular complexity index is 770. The molecule has 1 saturated heterocycles. The lowest BCUT2D eigenvalue weighted by atomic mass is 10.1. The predicted molar refractivity (Wildman–Crippen MR) is 93.2 cm³/mol. The third-order valence-corrected chi connectivity index (χ3v) is 4.29. The normalized spacial score (nSPS) is 17.6. The molecule has 11 heteroatoms. The van der Waals surface area contributed by atoms with Crippen molar-refractivity contribution < 1.29 is 37.1 Å². The van der Waals surface area contributed by atoms with Gasteiger partial charge in [0.05, 0.1) is 12.0 Å². The molecule has 1 aliphatic rings. The number of benzene rings is 1. The Balaban J connectivity index is 1.79. The number of alkyl halides is 3. The highest BCUT2D eigenvalue weighted by molar-refractivity contribution is 5.96. The van der Waals surface area contributed by atoms with Gasteiger partial charge in [-0.25, -0.2) is 4.79 Å². The van der Waals surface area contributed by atoms with Crippen LogP contribution >= 0.6 is 0 Å². The van der Waals surface area contributed by atoms with Crippen molar-refractivity contribution in [2.45, 2.75) is 25.6 Å². The second-order valence-electron chi connectivity index (χ2n) is 6.49. The molecule has 0 aliphatic carbocycles. The van der Waals surface area contributed by atoms with E-state index in [0.29, 0.717) is 0 Å². The maximum absolute atomic E-state index is 12.2. The molecule has 0 spiro atoms. The van der Waals surface area contributed by atoms with Crippen molar-refractivity contribution >= 4 is 23.8 Å². The molecule has 2 rings (SSSR count). The summed E-state index contributed by atoms with van der Waals surface area (Å²) in [6.45, 7) is -0.516. The first-order valence-electron chi connectivity index (χ1n) is 8.72. The SMILES string of the molecule is C[C@H](c1ccccc1)N1C[C@@H](C(=O)OCC(=O)NC(=O)NCC(F)(F)F)CC1=O. The van der Waals surface area contributed by atoms with Gasteiger partial charge in [0.25, 0.3) is 5.91 Å². The number of ether oxygens (including phenoxy) is 1. The molecular formula is C18H20F3N3O5. The van der Waals surface area contributed by atoms with E-state index < -0.39 is 43.2 Å². The summed E-state index contributed by atoms with van der Waals surface area (Å²) in [5.74, 6) is -2.90. The fourth-order valence-electron chi connectivity index (χ4n) is 2.82. The Morgan fingerprint density at radius 3 is 2.52 bits per heavy atom. The highest BCUT2D eigenvalue weighted by Crippen LogP contribution is 2.28. The molecule has 2 N–H and O–H groups in total. The van der Waals surface area contributed by atoms with E-state index in [-0.39, 0.29) is 24.9 Å². The van der Waals surface area contributed by atoms with Gasteiger partial charge in [-0.15, -0.1) is 0 Å². The number of likely N-dealkylation sites (tertiary alicyclic amines) is 1. The van der Waals surface area contributed by atoms with Crippen LogP contribution in [0.15, 0.2) is 30.3 Å². The van der Waals surface area contributed by atoms with E-state index in [1.165, 1.54) is 10.2 Å². The number of urea groups is 1. The maximum atomic E-state index is 12.2. The number of hydrogen-bond donors (Lipinski definition) is 2. The number of nitrogens with one attached hydrogen (secondary N) is 2. The summed E-state index contributed by atoms with van der Waals surface area (Å²) in [7, 11) is 0. The number of esters is 1. The summed E-state index contributed by atoms with van der Waals surface area (Å²) < 4.78 is 40.7. The lowest BCUT2D eigenvalue weighted by Gasteiger charge is -2.25. The Hall–Kier alpha value is -3.11. The van der Waals surface area contributed by atoms with Crippen LogP contribution in [0.2, 0.25) is 0 Å². The minimum absolute atomic E-state index is 0.0797. The van der Waals surface area contributed by atoms with Crippen LogP contribution in [-0.2, 0) is 19.1 Å². The molecular weight excluding hydrogens is 395 g/mol. The number of carbonyl (C=O) groups excluding carboxylic acids is 4. The number of hydrogen-bond acceptors (Lipinski definition) is 5. The standard InChI is InChI=1S/C18H20F3N3O5/c1-11(12-5-3-2-4-6-12)24-8-13(7-15(24)26)16(27)29-9-14(25)23-17(28)22-10-18(19,20)21/h2-6,11,13H,7-10H2,1H3,(H2,22,23,25,28)/t11-,13+/m1/s1. The molecule has 0 bridgehead atoms. The smallest absolute Gasteiger partial charge is 0.405 e. The largest absolute Gasteiger partial charge is 0.455 e. The van der Waals surface area contributed by atoms with Gasteiger partial charge >= 0.3 is 18.2 Å². The van der Waals surface area contributed by atoms with Crippen molar-refractivity contribution in [3.63, 3.8) is 0 Å². The van der Waals surface area contributed by atoms with Gasteiger partial charge in [0, 0.05) is 13.0 Å². The van der Waals surface area contributed by atoms with Gasteiger partial charge in [-0.3, -0.25) is 19.7 Å². The van der Waals surface area contributed by atoms with Crippen LogP contribution in [0.4, 0.5) is 18.0 Å². The molecule has 1 heterocycles. The molecule has 0 aromatic heterocycles. The van der Waals surface area contributed by atoms with Crippen LogP contribution < -0.4 is 10.6 Å². The summed E-state index contributed by atoms with van der Waals surface area (Å²) in [4.78, 5) is 48.6. The zero-order valence-corrected chi connectivity index (χ0v) is 15.5. The first-order chi connectivity index (χ1) is 13.6. The molecule has 8 nitrogen and oxygen atoms in total. The van der Waals surface area contributed by atoms with E-state index >= 15 is 0 Å². The van der Waals surface area contributed by atoms with Gasteiger partial charge in [-0.1, -0.05) is 30.3 Å².